The Morgan fingerprint density at radius 2 is 1.85 bits per heavy atom. The van der Waals surface area contributed by atoms with Crippen LogP contribution in [-0.4, -0.2) is 46.6 Å². The molecule has 10 heteroatoms. The molecule has 4 rings (SSSR count). The number of benzene rings is 2. The molecular formula is C23H18Cl2N4O4. The largest absolute Gasteiger partial charge is 0.455 e. The number of carbonyl (C=O) groups is 3. The fourth-order valence-electron chi connectivity index (χ4n) is 3.27. The molecule has 1 atom stereocenters. The molecule has 2 heterocycles. The standard InChI is InChI=1S/C23H18Cl2N4O4/c24-17-8-6-15(11-18(17)25)20-9-7-16(33-20)12-27-28-13-21(30)29(23(28)32)22(31)19(26)10-14-4-2-1-3-5-14/h1-9,11-12,19H,10,13,26H2/b27-12+. The Bertz CT molecular complexity index is 1240. The molecule has 1 unspecified atom stereocenters. The van der Waals surface area contributed by atoms with Gasteiger partial charge in [-0.3, -0.25) is 9.59 Å². The van der Waals surface area contributed by atoms with E-state index < -0.39 is 23.9 Å². The lowest BCUT2D eigenvalue weighted by molar-refractivity contribution is -0.139. The average Bonchev–Trinajstić information content (AvgIpc) is 3.38. The molecule has 1 fully saturated rings. The van der Waals surface area contributed by atoms with Crippen molar-refractivity contribution in [2.75, 3.05) is 6.54 Å². The second-order valence-electron chi connectivity index (χ2n) is 7.28. The molecule has 8 nitrogen and oxygen atoms in total. The van der Waals surface area contributed by atoms with Gasteiger partial charge >= 0.3 is 6.03 Å². The molecule has 3 aromatic rings. The van der Waals surface area contributed by atoms with E-state index in [2.05, 4.69) is 5.10 Å². The second kappa shape index (κ2) is 9.58. The zero-order chi connectivity index (χ0) is 23.5. The van der Waals surface area contributed by atoms with E-state index in [-0.39, 0.29) is 13.0 Å². The molecule has 1 aromatic heterocycles. The Labute approximate surface area is 199 Å². The van der Waals surface area contributed by atoms with Crippen molar-refractivity contribution in [1.82, 2.24) is 9.91 Å². The number of hydrogen-bond donors (Lipinski definition) is 1. The maximum Gasteiger partial charge on any atom is 0.354 e. The summed E-state index contributed by atoms with van der Waals surface area (Å²) in [5.41, 5.74) is 7.49. The Morgan fingerprint density at radius 1 is 1.09 bits per heavy atom. The maximum atomic E-state index is 12.6. The van der Waals surface area contributed by atoms with Gasteiger partial charge in [-0.1, -0.05) is 53.5 Å². The minimum atomic E-state index is -1.04. The van der Waals surface area contributed by atoms with Crippen LogP contribution in [0.4, 0.5) is 4.79 Å². The first-order valence-electron chi connectivity index (χ1n) is 9.90. The van der Waals surface area contributed by atoms with E-state index in [1.54, 1.807) is 30.3 Å². The van der Waals surface area contributed by atoms with Gasteiger partial charge in [-0.2, -0.15) is 10.0 Å². The SMILES string of the molecule is NC(Cc1ccccc1)C(=O)N1C(=O)CN(/N=C/c2ccc(-c3ccc(Cl)c(Cl)c3)o2)C1=O. The van der Waals surface area contributed by atoms with Crippen LogP contribution in [0.1, 0.15) is 11.3 Å². The van der Waals surface area contributed by atoms with E-state index in [4.69, 9.17) is 33.4 Å². The quantitative estimate of drug-likeness (QED) is 0.420. The summed E-state index contributed by atoms with van der Waals surface area (Å²) < 4.78 is 5.69. The first kappa shape index (κ1) is 22.7. The summed E-state index contributed by atoms with van der Waals surface area (Å²) in [5, 5.41) is 5.70. The van der Waals surface area contributed by atoms with Crippen molar-refractivity contribution in [3.63, 3.8) is 0 Å². The first-order chi connectivity index (χ1) is 15.8. The molecule has 1 aliphatic rings. The highest BCUT2D eigenvalue weighted by Gasteiger charge is 2.42. The molecule has 0 bridgehead atoms. The number of halogens is 2. The number of furan rings is 1. The van der Waals surface area contributed by atoms with Crippen LogP contribution in [0, 0.1) is 0 Å². The number of hydrazone groups is 1. The molecule has 0 spiro atoms. The fourth-order valence-corrected chi connectivity index (χ4v) is 3.57. The number of urea groups is 1. The molecule has 2 N–H and O–H groups in total. The highest BCUT2D eigenvalue weighted by Crippen LogP contribution is 2.29. The summed E-state index contributed by atoms with van der Waals surface area (Å²) in [4.78, 5) is 38.1. The van der Waals surface area contributed by atoms with Gasteiger partial charge in [0.05, 0.1) is 22.3 Å². The van der Waals surface area contributed by atoms with Gasteiger partial charge in [0, 0.05) is 5.56 Å². The van der Waals surface area contributed by atoms with Crippen LogP contribution in [0.15, 0.2) is 70.2 Å². The Morgan fingerprint density at radius 3 is 2.58 bits per heavy atom. The van der Waals surface area contributed by atoms with Crippen LogP contribution >= 0.6 is 23.2 Å². The topological polar surface area (TPSA) is 109 Å². The van der Waals surface area contributed by atoms with Crippen LogP contribution in [0.5, 0.6) is 0 Å². The maximum absolute atomic E-state index is 12.6. The van der Waals surface area contributed by atoms with Crippen molar-refractivity contribution >= 4 is 47.3 Å². The summed E-state index contributed by atoms with van der Waals surface area (Å²) in [7, 11) is 0. The van der Waals surface area contributed by atoms with Crippen molar-refractivity contribution < 1.29 is 18.8 Å². The number of imide groups is 3. The lowest BCUT2D eigenvalue weighted by Gasteiger charge is -2.17. The van der Waals surface area contributed by atoms with E-state index >= 15 is 0 Å². The van der Waals surface area contributed by atoms with Gasteiger partial charge in [0.2, 0.25) is 0 Å². The zero-order valence-electron chi connectivity index (χ0n) is 17.2. The predicted molar refractivity (Wildman–Crippen MR) is 124 cm³/mol. The molecule has 2 aromatic carbocycles. The van der Waals surface area contributed by atoms with E-state index in [1.807, 2.05) is 30.3 Å². The molecule has 168 valence electrons. The molecule has 1 saturated heterocycles. The van der Waals surface area contributed by atoms with Crippen LogP contribution < -0.4 is 5.73 Å². The van der Waals surface area contributed by atoms with Gasteiger partial charge in [0.25, 0.3) is 11.8 Å². The molecule has 4 amide bonds. The summed E-state index contributed by atoms with van der Waals surface area (Å²) in [5.74, 6) is -0.613. The number of nitrogens with two attached hydrogens (primary N) is 1. The average molecular weight is 485 g/mol. The normalized spacial score (nSPS) is 15.0. The molecular weight excluding hydrogens is 467 g/mol. The van der Waals surface area contributed by atoms with E-state index in [0.29, 0.717) is 32.0 Å². The lowest BCUT2D eigenvalue weighted by Crippen LogP contribution is -2.48. The van der Waals surface area contributed by atoms with E-state index in [1.165, 1.54) is 6.21 Å². The Hall–Kier alpha value is -3.46. The summed E-state index contributed by atoms with van der Waals surface area (Å²) in [6.07, 6.45) is 1.48. The lowest BCUT2D eigenvalue weighted by atomic mass is 10.1. The summed E-state index contributed by atoms with van der Waals surface area (Å²) in [6.45, 7) is -0.376. The number of carbonyl (C=O) groups excluding carboxylic acids is 3. The molecule has 1 aliphatic heterocycles. The third-order valence-electron chi connectivity index (χ3n) is 4.94. The van der Waals surface area contributed by atoms with Crippen molar-refractivity contribution in [3.05, 3.63) is 82.0 Å². The van der Waals surface area contributed by atoms with Gasteiger partial charge in [0.15, 0.2) is 0 Å². The molecule has 33 heavy (non-hydrogen) atoms. The summed E-state index contributed by atoms with van der Waals surface area (Å²) in [6, 6.07) is 15.6. The smallest absolute Gasteiger partial charge is 0.354 e. The second-order valence-corrected chi connectivity index (χ2v) is 8.09. The van der Waals surface area contributed by atoms with Gasteiger partial charge in [-0.25, -0.2) is 9.80 Å². The number of hydrogen-bond acceptors (Lipinski definition) is 6. The van der Waals surface area contributed by atoms with Crippen LogP contribution in [-0.2, 0) is 16.0 Å². The van der Waals surface area contributed by atoms with Crippen LogP contribution in [0.3, 0.4) is 0 Å². The van der Waals surface area contributed by atoms with E-state index in [0.717, 1.165) is 10.6 Å². The third-order valence-corrected chi connectivity index (χ3v) is 5.68. The van der Waals surface area contributed by atoms with Gasteiger partial charge in [-0.05, 0) is 42.3 Å². The van der Waals surface area contributed by atoms with Gasteiger partial charge < -0.3 is 10.2 Å². The van der Waals surface area contributed by atoms with Crippen molar-refractivity contribution in [2.24, 2.45) is 10.8 Å². The van der Waals surface area contributed by atoms with Gasteiger partial charge in [0.1, 0.15) is 18.1 Å². The van der Waals surface area contributed by atoms with Crippen molar-refractivity contribution in [3.8, 4) is 11.3 Å². The fraction of sp³-hybridized carbons (Fsp3) is 0.130. The number of amides is 4. The van der Waals surface area contributed by atoms with Crippen LogP contribution in [0.2, 0.25) is 10.0 Å². The minimum absolute atomic E-state index is 0.198. The Balaban J connectivity index is 1.43. The molecule has 0 radical (unpaired) electrons. The predicted octanol–water partition coefficient (Wildman–Crippen LogP) is 3.95. The minimum Gasteiger partial charge on any atom is -0.455 e. The zero-order valence-corrected chi connectivity index (χ0v) is 18.7. The highest BCUT2D eigenvalue weighted by atomic mass is 35.5. The third kappa shape index (κ3) is 4.98. The highest BCUT2D eigenvalue weighted by molar-refractivity contribution is 6.42. The van der Waals surface area contributed by atoms with Crippen molar-refractivity contribution in [1.29, 1.82) is 0 Å². The summed E-state index contributed by atoms with van der Waals surface area (Å²) >= 11 is 12.0. The molecule has 0 saturated carbocycles. The van der Waals surface area contributed by atoms with Crippen LogP contribution in [0.25, 0.3) is 11.3 Å². The number of nitrogens with zero attached hydrogens (tertiary/aromatic N) is 3. The number of rotatable bonds is 6. The van der Waals surface area contributed by atoms with E-state index in [9.17, 15) is 14.4 Å². The first-order valence-corrected chi connectivity index (χ1v) is 10.7. The monoisotopic (exact) mass is 484 g/mol. The molecule has 0 aliphatic carbocycles. The Kier molecular flexibility index (Phi) is 6.60. The van der Waals surface area contributed by atoms with Crippen molar-refractivity contribution in [2.45, 2.75) is 12.5 Å². The van der Waals surface area contributed by atoms with Gasteiger partial charge in [-0.15, -0.1) is 0 Å².